The second-order valence-corrected chi connectivity index (χ2v) is 10.9. The highest BCUT2D eigenvalue weighted by Gasteiger charge is 2.63. The fourth-order valence-corrected chi connectivity index (χ4v) is 5.30. The number of esters is 1. The molecule has 0 bridgehead atoms. The van der Waals surface area contributed by atoms with Crippen LogP contribution in [-0.4, -0.2) is 69.4 Å². The minimum atomic E-state index is -4.46. The van der Waals surface area contributed by atoms with Crippen molar-refractivity contribution in [2.75, 3.05) is 6.61 Å². The molecule has 1 fully saturated rings. The number of carbonyl (C=O) groups is 2. The summed E-state index contributed by atoms with van der Waals surface area (Å²) in [5.74, 6) is -3.93. The minimum absolute atomic E-state index is 0.0277. The van der Waals surface area contributed by atoms with E-state index >= 15 is 4.39 Å². The molecule has 2 unspecified atom stereocenters. The number of alkyl halides is 1. The highest BCUT2D eigenvalue weighted by molar-refractivity contribution is 7.52. The van der Waals surface area contributed by atoms with Gasteiger partial charge < -0.3 is 29.7 Å². The number of nitrogens with one attached hydrogen (secondary N) is 3. The van der Waals surface area contributed by atoms with E-state index in [0.29, 0.717) is 0 Å². The van der Waals surface area contributed by atoms with Crippen LogP contribution in [0.1, 0.15) is 27.7 Å². The van der Waals surface area contributed by atoms with Gasteiger partial charge in [-0.05, 0) is 39.8 Å². The Hall–Kier alpha value is -2.80. The standard InChI is InChI=1S/C23H32FN4O8P/c1-14(2)35-19(30)15(3)27-37(33,36-17-9-7-6-8-10-17)34-13-23(24)20(31)22(5,32)21(26-23)28-12-11-18(29)25-16(28)4/h6-12,14-15,20-21,26,31-32H,4,13H2,1-3,5H3,(H,25,29)(H,27,33)/t15?,20-,21-,22+,23+,37?/m0/s1. The number of halogens is 1. The van der Waals surface area contributed by atoms with Crippen molar-refractivity contribution in [1.29, 1.82) is 0 Å². The molecule has 0 saturated carbocycles. The maximum absolute atomic E-state index is 16.0. The SMILES string of the molecule is C=C1NC(=O)C=CN1[C@@H]1N[C@](F)(COP(=O)(NC(C)C(=O)OC(C)C)Oc2ccccc2)[C@@H](O)[C@@]1(C)O. The number of hydrogen-bond donors (Lipinski definition) is 5. The number of aliphatic hydroxyl groups excluding tert-OH is 1. The lowest BCUT2D eigenvalue weighted by Crippen LogP contribution is -2.56. The van der Waals surface area contributed by atoms with Gasteiger partial charge in [-0.2, -0.15) is 5.09 Å². The summed E-state index contributed by atoms with van der Waals surface area (Å²) in [4.78, 5) is 25.1. The predicted molar refractivity (Wildman–Crippen MR) is 130 cm³/mol. The zero-order valence-electron chi connectivity index (χ0n) is 20.9. The zero-order valence-corrected chi connectivity index (χ0v) is 21.8. The molecule has 204 valence electrons. The Bertz CT molecular complexity index is 1100. The summed E-state index contributed by atoms with van der Waals surface area (Å²) in [5.41, 5.74) is -2.13. The molecule has 1 aromatic rings. The monoisotopic (exact) mass is 542 g/mol. The van der Waals surface area contributed by atoms with Crippen LogP contribution in [0.4, 0.5) is 4.39 Å². The van der Waals surface area contributed by atoms with Crippen LogP contribution in [0.15, 0.2) is 55.0 Å². The van der Waals surface area contributed by atoms with Crippen molar-refractivity contribution >= 4 is 19.6 Å². The molecule has 1 saturated heterocycles. The highest BCUT2D eigenvalue weighted by atomic mass is 31.2. The molecule has 2 heterocycles. The number of benzene rings is 1. The second kappa shape index (κ2) is 10.9. The Morgan fingerprint density at radius 2 is 1.97 bits per heavy atom. The molecule has 2 aliphatic rings. The van der Waals surface area contributed by atoms with E-state index in [2.05, 4.69) is 22.3 Å². The number of amides is 1. The summed E-state index contributed by atoms with van der Waals surface area (Å²) < 4.78 is 45.6. The Kier molecular flexibility index (Phi) is 8.47. The number of para-hydroxylation sites is 1. The average Bonchev–Trinajstić information content (AvgIpc) is 2.98. The van der Waals surface area contributed by atoms with E-state index in [1.165, 1.54) is 37.1 Å². The average molecular weight is 543 g/mol. The lowest BCUT2D eigenvalue weighted by atomic mass is 9.95. The van der Waals surface area contributed by atoms with Crippen LogP contribution in [0.3, 0.4) is 0 Å². The van der Waals surface area contributed by atoms with Crippen LogP contribution >= 0.6 is 7.75 Å². The smallest absolute Gasteiger partial charge is 0.459 e. The first kappa shape index (κ1) is 28.8. The van der Waals surface area contributed by atoms with Crippen molar-refractivity contribution < 1.29 is 42.5 Å². The van der Waals surface area contributed by atoms with Crippen molar-refractivity contribution in [3.8, 4) is 5.75 Å². The molecule has 1 amide bonds. The number of nitrogens with zero attached hydrogens (tertiary/aromatic N) is 1. The quantitative estimate of drug-likeness (QED) is 0.165. The topological polar surface area (TPSA) is 159 Å². The molecule has 5 N–H and O–H groups in total. The van der Waals surface area contributed by atoms with E-state index < -0.39 is 62.0 Å². The number of rotatable bonds is 10. The van der Waals surface area contributed by atoms with Gasteiger partial charge in [-0.3, -0.25) is 19.4 Å². The van der Waals surface area contributed by atoms with Gasteiger partial charge in [0.25, 0.3) is 5.91 Å². The summed E-state index contributed by atoms with van der Waals surface area (Å²) in [5, 5.41) is 28.9. The van der Waals surface area contributed by atoms with Gasteiger partial charge in [0, 0.05) is 12.3 Å². The van der Waals surface area contributed by atoms with Gasteiger partial charge in [0.05, 0.1) is 6.10 Å². The van der Waals surface area contributed by atoms with E-state index in [1.807, 2.05) is 0 Å². The molecule has 0 aromatic heterocycles. The Morgan fingerprint density at radius 1 is 1.32 bits per heavy atom. The van der Waals surface area contributed by atoms with Crippen molar-refractivity contribution in [1.82, 2.24) is 20.6 Å². The first-order chi connectivity index (χ1) is 17.2. The van der Waals surface area contributed by atoms with Gasteiger partial charge in [0.1, 0.15) is 42.1 Å². The summed E-state index contributed by atoms with van der Waals surface area (Å²) in [6.07, 6.45) is -1.43. The Balaban J connectivity index is 1.82. The van der Waals surface area contributed by atoms with Crippen LogP contribution < -0.4 is 20.2 Å². The second-order valence-electron chi connectivity index (χ2n) is 9.21. The molecule has 3 rings (SSSR count). The number of ether oxygens (including phenoxy) is 1. The van der Waals surface area contributed by atoms with E-state index in [0.717, 1.165) is 6.08 Å². The third kappa shape index (κ3) is 6.56. The highest BCUT2D eigenvalue weighted by Crippen LogP contribution is 2.47. The van der Waals surface area contributed by atoms with Crippen LogP contribution in [0.2, 0.25) is 0 Å². The molecule has 0 spiro atoms. The van der Waals surface area contributed by atoms with Crippen molar-refractivity contribution in [3.63, 3.8) is 0 Å². The van der Waals surface area contributed by atoms with E-state index in [9.17, 15) is 24.4 Å². The number of aliphatic hydroxyl groups is 2. The summed E-state index contributed by atoms with van der Waals surface area (Å²) in [6.45, 7) is 8.42. The largest absolute Gasteiger partial charge is 0.462 e. The molecule has 0 aliphatic carbocycles. The van der Waals surface area contributed by atoms with Gasteiger partial charge in [-0.1, -0.05) is 24.8 Å². The minimum Gasteiger partial charge on any atom is -0.462 e. The first-order valence-electron chi connectivity index (χ1n) is 11.5. The van der Waals surface area contributed by atoms with Crippen LogP contribution in [-0.2, 0) is 23.4 Å². The van der Waals surface area contributed by atoms with Gasteiger partial charge in [0.15, 0.2) is 0 Å². The van der Waals surface area contributed by atoms with E-state index in [1.54, 1.807) is 32.0 Å². The van der Waals surface area contributed by atoms with Gasteiger partial charge in [0.2, 0.25) is 5.79 Å². The molecule has 2 aliphatic heterocycles. The lowest BCUT2D eigenvalue weighted by Gasteiger charge is -2.37. The fourth-order valence-electron chi connectivity index (χ4n) is 3.78. The van der Waals surface area contributed by atoms with Crippen LogP contribution in [0.25, 0.3) is 0 Å². The fraction of sp³-hybridized carbons (Fsp3) is 0.478. The summed E-state index contributed by atoms with van der Waals surface area (Å²) >= 11 is 0. The van der Waals surface area contributed by atoms with Crippen LogP contribution in [0.5, 0.6) is 5.75 Å². The van der Waals surface area contributed by atoms with E-state index in [4.69, 9.17) is 13.8 Å². The predicted octanol–water partition coefficient (Wildman–Crippen LogP) is 1.24. The van der Waals surface area contributed by atoms with Gasteiger partial charge in [-0.25, -0.2) is 8.96 Å². The molecular formula is C23H32FN4O8P. The summed E-state index contributed by atoms with van der Waals surface area (Å²) in [7, 11) is -4.46. The molecule has 14 heteroatoms. The Labute approximate surface area is 214 Å². The molecule has 6 atom stereocenters. The third-order valence-electron chi connectivity index (χ3n) is 5.63. The lowest BCUT2D eigenvalue weighted by molar-refractivity contribution is -0.149. The summed E-state index contributed by atoms with van der Waals surface area (Å²) in [6, 6.07) is 6.69. The number of carbonyl (C=O) groups excluding carboxylic acids is 2. The van der Waals surface area contributed by atoms with Crippen molar-refractivity contribution in [2.24, 2.45) is 0 Å². The van der Waals surface area contributed by atoms with Crippen LogP contribution in [0, 0.1) is 0 Å². The molecular weight excluding hydrogens is 510 g/mol. The van der Waals surface area contributed by atoms with Crippen molar-refractivity contribution in [2.45, 2.75) is 63.5 Å². The normalized spacial score (nSPS) is 30.1. The van der Waals surface area contributed by atoms with Crippen molar-refractivity contribution in [3.05, 3.63) is 55.0 Å². The maximum Gasteiger partial charge on any atom is 0.459 e. The van der Waals surface area contributed by atoms with Gasteiger partial charge >= 0.3 is 13.7 Å². The first-order valence-corrected chi connectivity index (χ1v) is 13.0. The van der Waals surface area contributed by atoms with Gasteiger partial charge in [-0.15, -0.1) is 0 Å². The zero-order chi connectivity index (χ0) is 27.6. The number of hydrogen-bond acceptors (Lipinski definition) is 10. The Morgan fingerprint density at radius 3 is 2.57 bits per heavy atom. The third-order valence-corrected chi connectivity index (χ3v) is 7.26. The molecule has 12 nitrogen and oxygen atoms in total. The molecule has 1 aromatic carbocycles. The molecule has 37 heavy (non-hydrogen) atoms. The van der Waals surface area contributed by atoms with E-state index in [-0.39, 0.29) is 11.6 Å². The maximum atomic E-state index is 16.0. The molecule has 0 radical (unpaired) electrons.